The summed E-state index contributed by atoms with van der Waals surface area (Å²) < 4.78 is 12.1. The van der Waals surface area contributed by atoms with E-state index in [-0.39, 0.29) is 11.8 Å². The van der Waals surface area contributed by atoms with Gasteiger partial charge in [-0.2, -0.15) is 0 Å². The molecule has 21 heavy (non-hydrogen) atoms. The lowest BCUT2D eigenvalue weighted by molar-refractivity contribution is -0.117. The Hall–Kier alpha value is -1.71. The summed E-state index contributed by atoms with van der Waals surface area (Å²) >= 11 is 0. The van der Waals surface area contributed by atoms with E-state index < -0.39 is 5.79 Å². The second-order valence-corrected chi connectivity index (χ2v) is 6.65. The van der Waals surface area contributed by atoms with E-state index in [2.05, 4.69) is 12.2 Å². The molecular weight excluding hydrogens is 266 g/mol. The van der Waals surface area contributed by atoms with Crippen LogP contribution in [0.3, 0.4) is 0 Å². The highest BCUT2D eigenvalue weighted by molar-refractivity contribution is 5.94. The van der Waals surface area contributed by atoms with Crippen LogP contribution in [0.5, 0.6) is 11.5 Å². The molecule has 1 N–H and O–H groups in total. The largest absolute Gasteiger partial charge is 0.448 e. The predicted molar refractivity (Wildman–Crippen MR) is 79.4 cm³/mol. The van der Waals surface area contributed by atoms with Crippen LogP contribution in [-0.2, 0) is 4.79 Å². The molecule has 0 aromatic heterocycles. The fourth-order valence-corrected chi connectivity index (χ4v) is 3.39. The van der Waals surface area contributed by atoms with E-state index in [0.29, 0.717) is 5.92 Å². The summed E-state index contributed by atoms with van der Waals surface area (Å²) in [5.41, 5.74) is 0.800. The minimum Gasteiger partial charge on any atom is -0.448 e. The summed E-state index contributed by atoms with van der Waals surface area (Å²) in [6.07, 6.45) is 6.45. The predicted octanol–water partition coefficient (Wildman–Crippen LogP) is 3.71. The Morgan fingerprint density at radius 1 is 1.19 bits per heavy atom. The van der Waals surface area contributed by atoms with Gasteiger partial charge in [0, 0.05) is 30.5 Å². The van der Waals surface area contributed by atoms with Crippen molar-refractivity contribution >= 4 is 11.6 Å². The molecule has 1 spiro atoms. The monoisotopic (exact) mass is 287 g/mol. The lowest BCUT2D eigenvalue weighted by Gasteiger charge is -2.31. The van der Waals surface area contributed by atoms with Crippen LogP contribution in [0.4, 0.5) is 5.69 Å². The van der Waals surface area contributed by atoms with E-state index in [1.165, 1.54) is 6.42 Å². The number of benzene rings is 1. The summed E-state index contributed by atoms with van der Waals surface area (Å²) in [7, 11) is 0. The molecule has 2 saturated carbocycles. The van der Waals surface area contributed by atoms with Gasteiger partial charge >= 0.3 is 0 Å². The average Bonchev–Trinajstić information content (AvgIpc) is 3.10. The summed E-state index contributed by atoms with van der Waals surface area (Å²) in [6, 6.07) is 5.70. The number of carbonyl (C=O) groups is 1. The number of rotatable bonds is 2. The molecule has 4 rings (SSSR count). The van der Waals surface area contributed by atoms with Crippen LogP contribution in [0.2, 0.25) is 0 Å². The van der Waals surface area contributed by atoms with Gasteiger partial charge in [0.2, 0.25) is 5.91 Å². The Labute approximate surface area is 124 Å². The van der Waals surface area contributed by atoms with Gasteiger partial charge in [0.1, 0.15) is 0 Å². The third kappa shape index (κ3) is 2.37. The Balaban J connectivity index is 1.49. The van der Waals surface area contributed by atoms with Crippen LogP contribution < -0.4 is 14.8 Å². The van der Waals surface area contributed by atoms with Crippen LogP contribution in [-0.4, -0.2) is 11.7 Å². The molecule has 0 saturated heterocycles. The zero-order valence-corrected chi connectivity index (χ0v) is 12.4. The quantitative estimate of drug-likeness (QED) is 0.902. The molecule has 0 bridgehead atoms. The summed E-state index contributed by atoms with van der Waals surface area (Å²) in [6.45, 7) is 2.11. The normalized spacial score (nSPS) is 28.4. The standard InChI is InChI=1S/C17H21NO3/c1-11-9-13(11)16(19)18-12-5-6-14-15(10-12)21-17(20-14)7-3-2-4-8-17/h5-6,10-11,13H,2-4,7-9H2,1H3,(H,18,19)/t11-,13-/m1/s1. The van der Waals surface area contributed by atoms with E-state index in [9.17, 15) is 4.79 Å². The van der Waals surface area contributed by atoms with Crippen LogP contribution in [0.25, 0.3) is 0 Å². The minimum atomic E-state index is -0.450. The number of hydrogen-bond donors (Lipinski definition) is 1. The third-order valence-electron chi connectivity index (χ3n) is 4.86. The molecule has 1 aromatic carbocycles. The van der Waals surface area contributed by atoms with Gasteiger partial charge in [-0.25, -0.2) is 0 Å². The van der Waals surface area contributed by atoms with Crippen molar-refractivity contribution in [3.8, 4) is 11.5 Å². The van der Waals surface area contributed by atoms with Crippen molar-refractivity contribution < 1.29 is 14.3 Å². The summed E-state index contributed by atoms with van der Waals surface area (Å²) in [5.74, 6) is 1.93. The van der Waals surface area contributed by atoms with E-state index in [4.69, 9.17) is 9.47 Å². The number of anilines is 1. The van der Waals surface area contributed by atoms with Gasteiger partial charge in [-0.15, -0.1) is 0 Å². The maximum atomic E-state index is 12.0. The minimum absolute atomic E-state index is 0.119. The second kappa shape index (κ2) is 4.65. The van der Waals surface area contributed by atoms with Crippen molar-refractivity contribution in [1.29, 1.82) is 0 Å². The topological polar surface area (TPSA) is 47.6 Å². The van der Waals surface area contributed by atoms with Crippen molar-refractivity contribution in [3.63, 3.8) is 0 Å². The molecule has 1 heterocycles. The van der Waals surface area contributed by atoms with Gasteiger partial charge < -0.3 is 14.8 Å². The van der Waals surface area contributed by atoms with E-state index in [0.717, 1.165) is 49.3 Å². The Kier molecular flexibility index (Phi) is 2.88. The molecule has 3 aliphatic rings. The molecule has 2 atom stereocenters. The molecule has 1 aromatic rings. The highest BCUT2D eigenvalue weighted by Crippen LogP contribution is 2.46. The molecular formula is C17H21NO3. The van der Waals surface area contributed by atoms with Gasteiger partial charge in [0.15, 0.2) is 11.5 Å². The molecule has 1 aliphatic heterocycles. The van der Waals surface area contributed by atoms with Gasteiger partial charge in [-0.1, -0.05) is 13.3 Å². The molecule has 4 nitrogen and oxygen atoms in total. The number of fused-ring (bicyclic) bond motifs is 1. The number of carbonyl (C=O) groups excluding carboxylic acids is 1. The Bertz CT molecular complexity index is 577. The molecule has 4 heteroatoms. The van der Waals surface area contributed by atoms with Crippen molar-refractivity contribution in [3.05, 3.63) is 18.2 Å². The van der Waals surface area contributed by atoms with Crippen LogP contribution in [0.15, 0.2) is 18.2 Å². The number of ether oxygens (including phenoxy) is 2. The van der Waals surface area contributed by atoms with Crippen molar-refractivity contribution in [2.45, 2.75) is 51.2 Å². The molecule has 2 aliphatic carbocycles. The Morgan fingerprint density at radius 2 is 1.90 bits per heavy atom. The van der Waals surface area contributed by atoms with Crippen LogP contribution in [0, 0.1) is 11.8 Å². The second-order valence-electron chi connectivity index (χ2n) is 6.65. The van der Waals surface area contributed by atoms with Gasteiger partial charge in [0.05, 0.1) is 0 Å². The molecule has 2 fully saturated rings. The van der Waals surface area contributed by atoms with Gasteiger partial charge in [0.25, 0.3) is 5.79 Å². The molecule has 0 radical (unpaired) electrons. The fourth-order valence-electron chi connectivity index (χ4n) is 3.39. The van der Waals surface area contributed by atoms with E-state index >= 15 is 0 Å². The van der Waals surface area contributed by atoms with Crippen molar-refractivity contribution in [2.75, 3.05) is 5.32 Å². The zero-order chi connectivity index (χ0) is 14.4. The van der Waals surface area contributed by atoms with E-state index in [1.54, 1.807) is 0 Å². The zero-order valence-electron chi connectivity index (χ0n) is 12.4. The van der Waals surface area contributed by atoms with Gasteiger partial charge in [-0.05, 0) is 37.3 Å². The fraction of sp³-hybridized carbons (Fsp3) is 0.588. The van der Waals surface area contributed by atoms with Crippen molar-refractivity contribution in [2.24, 2.45) is 11.8 Å². The smallest absolute Gasteiger partial charge is 0.251 e. The first kappa shape index (κ1) is 13.0. The highest BCUT2D eigenvalue weighted by atomic mass is 16.7. The maximum Gasteiger partial charge on any atom is 0.251 e. The first-order valence-electron chi connectivity index (χ1n) is 7.98. The van der Waals surface area contributed by atoms with Crippen LogP contribution in [0.1, 0.15) is 45.4 Å². The number of nitrogens with one attached hydrogen (secondary N) is 1. The third-order valence-corrected chi connectivity index (χ3v) is 4.86. The SMILES string of the molecule is C[C@@H]1C[C@H]1C(=O)Nc1ccc2c(c1)OC1(CCCCC1)O2. The van der Waals surface area contributed by atoms with Gasteiger partial charge in [-0.3, -0.25) is 4.79 Å². The molecule has 0 unspecified atom stereocenters. The molecule has 1 amide bonds. The summed E-state index contributed by atoms with van der Waals surface area (Å²) in [4.78, 5) is 12.0. The van der Waals surface area contributed by atoms with Crippen LogP contribution >= 0.6 is 0 Å². The summed E-state index contributed by atoms with van der Waals surface area (Å²) in [5, 5.41) is 2.98. The highest BCUT2D eigenvalue weighted by Gasteiger charge is 2.43. The van der Waals surface area contributed by atoms with Crippen molar-refractivity contribution in [1.82, 2.24) is 0 Å². The Morgan fingerprint density at radius 3 is 2.62 bits per heavy atom. The van der Waals surface area contributed by atoms with E-state index in [1.807, 2.05) is 18.2 Å². The molecule has 112 valence electrons. The first-order chi connectivity index (χ1) is 10.2. The first-order valence-corrected chi connectivity index (χ1v) is 7.98. The maximum absolute atomic E-state index is 12.0. The number of hydrogen-bond acceptors (Lipinski definition) is 3. The average molecular weight is 287 g/mol. The lowest BCUT2D eigenvalue weighted by Crippen LogP contribution is -2.40. The lowest BCUT2D eigenvalue weighted by atomic mass is 9.94. The number of amides is 1.